The average Bonchev–Trinajstić information content (AvgIpc) is 2.67. The molecule has 0 radical (unpaired) electrons. The molecule has 3 rings (SSSR count). The second-order valence-electron chi connectivity index (χ2n) is 6.02. The molecule has 2 aromatic carbocycles. The van der Waals surface area contributed by atoms with Gasteiger partial charge in [0.1, 0.15) is 5.82 Å². The summed E-state index contributed by atoms with van der Waals surface area (Å²) in [6, 6.07) is 19.3. The Labute approximate surface area is 153 Å². The van der Waals surface area contributed by atoms with Crippen LogP contribution in [0.4, 0.5) is 17.5 Å². The predicted octanol–water partition coefficient (Wildman–Crippen LogP) is 4.91. The van der Waals surface area contributed by atoms with Crippen LogP contribution in [0.1, 0.15) is 30.6 Å². The number of anilines is 3. The van der Waals surface area contributed by atoms with E-state index in [2.05, 4.69) is 27.5 Å². The summed E-state index contributed by atoms with van der Waals surface area (Å²) in [5.74, 6) is 1.29. The molecular weight excluding hydrogens is 324 g/mol. The Morgan fingerprint density at radius 1 is 1.00 bits per heavy atom. The Morgan fingerprint density at radius 2 is 1.81 bits per heavy atom. The van der Waals surface area contributed by atoms with E-state index in [0.29, 0.717) is 11.5 Å². The number of carbonyl (C=O) groups excluding carboxylic acids is 1. The van der Waals surface area contributed by atoms with Crippen LogP contribution in [-0.4, -0.2) is 22.3 Å². The Hall–Kier alpha value is -3.21. The number of nitrogens with one attached hydrogen (secondary N) is 2. The fourth-order valence-electron chi connectivity index (χ4n) is 2.55. The number of ketones is 1. The summed E-state index contributed by atoms with van der Waals surface area (Å²) in [5.41, 5.74) is 3.29. The van der Waals surface area contributed by atoms with Crippen molar-refractivity contribution in [2.75, 3.05) is 17.2 Å². The molecule has 1 aromatic heterocycles. The third kappa shape index (κ3) is 4.45. The van der Waals surface area contributed by atoms with E-state index in [-0.39, 0.29) is 5.78 Å². The summed E-state index contributed by atoms with van der Waals surface area (Å²) in [6.45, 7) is 4.50. The third-order valence-electron chi connectivity index (χ3n) is 3.88. The first-order chi connectivity index (χ1) is 12.7. The molecule has 0 aliphatic rings. The minimum Gasteiger partial charge on any atom is -0.370 e. The smallest absolute Gasteiger partial charge is 0.229 e. The van der Waals surface area contributed by atoms with Gasteiger partial charge in [0.15, 0.2) is 5.78 Å². The first-order valence-electron chi connectivity index (χ1n) is 8.72. The normalized spacial score (nSPS) is 10.4. The summed E-state index contributed by atoms with van der Waals surface area (Å²) >= 11 is 0. The molecule has 0 aliphatic carbocycles. The van der Waals surface area contributed by atoms with Crippen LogP contribution < -0.4 is 10.6 Å². The first kappa shape index (κ1) is 17.6. The zero-order valence-electron chi connectivity index (χ0n) is 15.0. The lowest BCUT2D eigenvalue weighted by atomic mass is 10.1. The Kier molecular flexibility index (Phi) is 5.59. The highest BCUT2D eigenvalue weighted by Gasteiger charge is 2.08. The Bertz CT molecular complexity index is 894. The van der Waals surface area contributed by atoms with Gasteiger partial charge in [-0.15, -0.1) is 0 Å². The molecule has 0 aliphatic heterocycles. The summed E-state index contributed by atoms with van der Waals surface area (Å²) in [5, 5.41) is 6.53. The molecular formula is C21H22N4O. The highest BCUT2D eigenvalue weighted by atomic mass is 16.1. The maximum Gasteiger partial charge on any atom is 0.229 e. The van der Waals surface area contributed by atoms with Crippen molar-refractivity contribution < 1.29 is 4.79 Å². The van der Waals surface area contributed by atoms with Crippen molar-refractivity contribution in [3.05, 3.63) is 66.2 Å². The largest absolute Gasteiger partial charge is 0.370 e. The molecule has 0 amide bonds. The SMILES string of the molecule is CCCNc1cc(-c2ccccc2)nc(Nc2cccc(C(C)=O)c2)n1. The number of rotatable bonds is 7. The average molecular weight is 346 g/mol. The molecule has 0 bridgehead atoms. The molecule has 0 unspecified atom stereocenters. The molecule has 26 heavy (non-hydrogen) atoms. The van der Waals surface area contributed by atoms with Gasteiger partial charge in [0.2, 0.25) is 5.95 Å². The molecule has 2 N–H and O–H groups in total. The molecule has 0 spiro atoms. The number of hydrogen-bond donors (Lipinski definition) is 2. The minimum absolute atomic E-state index is 0.0258. The van der Waals surface area contributed by atoms with Crippen molar-refractivity contribution >= 4 is 23.2 Å². The van der Waals surface area contributed by atoms with E-state index >= 15 is 0 Å². The molecule has 132 valence electrons. The van der Waals surface area contributed by atoms with Crippen molar-refractivity contribution in [3.8, 4) is 11.3 Å². The highest BCUT2D eigenvalue weighted by Crippen LogP contribution is 2.23. The number of benzene rings is 2. The van der Waals surface area contributed by atoms with Crippen molar-refractivity contribution in [2.45, 2.75) is 20.3 Å². The van der Waals surface area contributed by atoms with Crippen LogP contribution in [0.3, 0.4) is 0 Å². The van der Waals surface area contributed by atoms with Gasteiger partial charge in [0.25, 0.3) is 0 Å². The van der Waals surface area contributed by atoms with E-state index in [0.717, 1.165) is 35.7 Å². The van der Waals surface area contributed by atoms with Gasteiger partial charge in [0, 0.05) is 29.4 Å². The van der Waals surface area contributed by atoms with Gasteiger partial charge in [-0.1, -0.05) is 49.4 Å². The number of Topliss-reactive ketones (excluding diaryl/α,β-unsaturated/α-hetero) is 1. The lowest BCUT2D eigenvalue weighted by molar-refractivity contribution is 0.101. The minimum atomic E-state index is 0.0258. The first-order valence-corrected chi connectivity index (χ1v) is 8.72. The summed E-state index contributed by atoms with van der Waals surface area (Å²) in [7, 11) is 0. The van der Waals surface area contributed by atoms with Gasteiger partial charge in [0.05, 0.1) is 5.69 Å². The van der Waals surface area contributed by atoms with Crippen molar-refractivity contribution in [1.82, 2.24) is 9.97 Å². The molecule has 5 nitrogen and oxygen atoms in total. The van der Waals surface area contributed by atoms with Crippen molar-refractivity contribution in [2.24, 2.45) is 0 Å². The van der Waals surface area contributed by atoms with Crippen LogP contribution in [0.15, 0.2) is 60.7 Å². The number of carbonyl (C=O) groups is 1. The summed E-state index contributed by atoms with van der Waals surface area (Å²) in [6.07, 6.45) is 1.01. The molecule has 0 atom stereocenters. The van der Waals surface area contributed by atoms with Crippen LogP contribution >= 0.6 is 0 Å². The topological polar surface area (TPSA) is 66.9 Å². The molecule has 1 heterocycles. The Morgan fingerprint density at radius 3 is 2.54 bits per heavy atom. The van der Waals surface area contributed by atoms with E-state index in [1.165, 1.54) is 0 Å². The predicted molar refractivity (Wildman–Crippen MR) is 106 cm³/mol. The van der Waals surface area contributed by atoms with Crippen LogP contribution in [0, 0.1) is 0 Å². The zero-order valence-corrected chi connectivity index (χ0v) is 15.0. The molecule has 3 aromatic rings. The van der Waals surface area contributed by atoms with Crippen LogP contribution in [0.5, 0.6) is 0 Å². The maximum atomic E-state index is 11.6. The van der Waals surface area contributed by atoms with Gasteiger partial charge in [-0.25, -0.2) is 4.98 Å². The lowest BCUT2D eigenvalue weighted by Gasteiger charge is -2.11. The third-order valence-corrected chi connectivity index (χ3v) is 3.88. The summed E-state index contributed by atoms with van der Waals surface area (Å²) in [4.78, 5) is 20.8. The Balaban J connectivity index is 1.95. The zero-order chi connectivity index (χ0) is 18.4. The van der Waals surface area contributed by atoms with Crippen LogP contribution in [0.25, 0.3) is 11.3 Å². The molecule has 0 saturated heterocycles. The molecule has 0 saturated carbocycles. The lowest BCUT2D eigenvalue weighted by Crippen LogP contribution is -2.06. The van der Waals surface area contributed by atoms with Gasteiger partial charge >= 0.3 is 0 Å². The van der Waals surface area contributed by atoms with Crippen molar-refractivity contribution in [3.63, 3.8) is 0 Å². The summed E-state index contributed by atoms with van der Waals surface area (Å²) < 4.78 is 0. The number of hydrogen-bond acceptors (Lipinski definition) is 5. The van der Waals surface area contributed by atoms with Gasteiger partial charge in [-0.2, -0.15) is 4.98 Å². The van der Waals surface area contributed by atoms with E-state index in [9.17, 15) is 4.79 Å². The molecule has 0 fully saturated rings. The number of nitrogens with zero attached hydrogens (tertiary/aromatic N) is 2. The quantitative estimate of drug-likeness (QED) is 0.595. The second-order valence-corrected chi connectivity index (χ2v) is 6.02. The van der Waals surface area contributed by atoms with Gasteiger partial charge in [-0.3, -0.25) is 4.79 Å². The molecule has 5 heteroatoms. The standard InChI is InChI=1S/C21H22N4O/c1-3-12-22-20-14-19(16-8-5-4-6-9-16)24-21(25-20)23-18-11-7-10-17(13-18)15(2)26/h4-11,13-14H,3,12H2,1-2H3,(H2,22,23,24,25). The second kappa shape index (κ2) is 8.25. The maximum absolute atomic E-state index is 11.6. The van der Waals surface area contributed by atoms with Crippen LogP contribution in [-0.2, 0) is 0 Å². The van der Waals surface area contributed by atoms with E-state index in [4.69, 9.17) is 0 Å². The van der Waals surface area contributed by atoms with Gasteiger partial charge in [-0.05, 0) is 25.5 Å². The highest BCUT2D eigenvalue weighted by molar-refractivity contribution is 5.95. The fourth-order valence-corrected chi connectivity index (χ4v) is 2.55. The van der Waals surface area contributed by atoms with Crippen molar-refractivity contribution in [1.29, 1.82) is 0 Å². The number of aromatic nitrogens is 2. The van der Waals surface area contributed by atoms with E-state index in [1.54, 1.807) is 19.1 Å². The van der Waals surface area contributed by atoms with Crippen LogP contribution in [0.2, 0.25) is 0 Å². The van der Waals surface area contributed by atoms with E-state index in [1.807, 2.05) is 48.5 Å². The van der Waals surface area contributed by atoms with E-state index < -0.39 is 0 Å². The van der Waals surface area contributed by atoms with Gasteiger partial charge < -0.3 is 10.6 Å². The fraction of sp³-hybridized carbons (Fsp3) is 0.190. The monoisotopic (exact) mass is 346 g/mol.